The number of anilines is 1. The van der Waals surface area contributed by atoms with Gasteiger partial charge in [0.15, 0.2) is 0 Å². The number of halogens is 3. The highest BCUT2D eigenvalue weighted by Gasteiger charge is 2.43. The Morgan fingerprint density at radius 1 is 1.15 bits per heavy atom. The maximum Gasteiger partial charge on any atom is 0.145 e. The predicted octanol–water partition coefficient (Wildman–Crippen LogP) is 4.88. The SMILES string of the molecule is COC[C@H](C)NC1CCC(Nc2cc(C3CC(NCC4(F)CC4)=CC=C3F)c(F)cn2)CC1. The first-order valence-corrected chi connectivity index (χ1v) is 12.0. The second-order valence-corrected chi connectivity index (χ2v) is 9.81. The minimum atomic E-state index is -1.15. The van der Waals surface area contributed by atoms with E-state index < -0.39 is 23.2 Å². The van der Waals surface area contributed by atoms with Gasteiger partial charge in [-0.15, -0.1) is 0 Å². The lowest BCUT2D eigenvalue weighted by atomic mass is 9.89. The summed E-state index contributed by atoms with van der Waals surface area (Å²) in [6.07, 6.45) is 9.54. The molecule has 0 aliphatic heterocycles. The number of rotatable bonds is 10. The van der Waals surface area contributed by atoms with Gasteiger partial charge in [0, 0.05) is 55.4 Å². The molecule has 0 saturated heterocycles. The van der Waals surface area contributed by atoms with Crippen LogP contribution in [-0.2, 0) is 4.74 Å². The molecule has 0 spiro atoms. The lowest BCUT2D eigenvalue weighted by molar-refractivity contribution is 0.161. The van der Waals surface area contributed by atoms with E-state index in [1.807, 2.05) is 0 Å². The summed E-state index contributed by atoms with van der Waals surface area (Å²) in [5.74, 6) is -1.10. The van der Waals surface area contributed by atoms with Crippen molar-refractivity contribution < 1.29 is 17.9 Å². The Kier molecular flexibility index (Phi) is 7.64. The molecule has 0 bridgehead atoms. The number of ether oxygens (including phenoxy) is 1. The highest BCUT2D eigenvalue weighted by molar-refractivity contribution is 5.44. The summed E-state index contributed by atoms with van der Waals surface area (Å²) in [5.41, 5.74) is -0.144. The highest BCUT2D eigenvalue weighted by atomic mass is 19.1. The lowest BCUT2D eigenvalue weighted by Crippen LogP contribution is -2.42. The molecule has 3 N–H and O–H groups in total. The number of alkyl halides is 1. The van der Waals surface area contributed by atoms with Gasteiger partial charge in [-0.2, -0.15) is 0 Å². The van der Waals surface area contributed by atoms with E-state index in [-0.39, 0.29) is 24.6 Å². The van der Waals surface area contributed by atoms with E-state index >= 15 is 0 Å². The van der Waals surface area contributed by atoms with Crippen molar-refractivity contribution in [3.05, 3.63) is 47.3 Å². The first-order chi connectivity index (χ1) is 15.8. The second-order valence-electron chi connectivity index (χ2n) is 9.81. The Balaban J connectivity index is 1.34. The first-order valence-electron chi connectivity index (χ1n) is 12.0. The van der Waals surface area contributed by atoms with Gasteiger partial charge in [-0.25, -0.2) is 18.2 Å². The Morgan fingerprint density at radius 2 is 1.88 bits per heavy atom. The lowest BCUT2D eigenvalue weighted by Gasteiger charge is -2.32. The molecule has 5 nitrogen and oxygen atoms in total. The van der Waals surface area contributed by atoms with Gasteiger partial charge in [-0.05, 0) is 63.7 Å². The Hall–Kier alpha value is -2.06. The first kappa shape index (κ1) is 24.1. The summed E-state index contributed by atoms with van der Waals surface area (Å²) in [6.45, 7) is 3.02. The van der Waals surface area contributed by atoms with Gasteiger partial charge in [0.1, 0.15) is 23.1 Å². The quantitative estimate of drug-likeness (QED) is 0.461. The number of nitrogens with zero attached hydrogens (tertiary/aromatic N) is 1. The van der Waals surface area contributed by atoms with Gasteiger partial charge >= 0.3 is 0 Å². The van der Waals surface area contributed by atoms with Crippen LogP contribution in [0.3, 0.4) is 0 Å². The molecule has 0 amide bonds. The van der Waals surface area contributed by atoms with Crippen LogP contribution in [0.15, 0.2) is 35.9 Å². The van der Waals surface area contributed by atoms with Crippen LogP contribution in [-0.4, -0.2) is 49.0 Å². The van der Waals surface area contributed by atoms with E-state index in [0.29, 0.717) is 37.4 Å². The summed E-state index contributed by atoms with van der Waals surface area (Å²) in [6, 6.07) is 2.65. The number of nitrogens with one attached hydrogen (secondary N) is 3. The average Bonchev–Trinajstić information content (AvgIpc) is 3.53. The maximum absolute atomic E-state index is 14.7. The van der Waals surface area contributed by atoms with E-state index in [4.69, 9.17) is 4.74 Å². The number of aromatic nitrogens is 1. The van der Waals surface area contributed by atoms with Crippen molar-refractivity contribution in [2.75, 3.05) is 25.6 Å². The van der Waals surface area contributed by atoms with Crippen LogP contribution in [0.25, 0.3) is 0 Å². The van der Waals surface area contributed by atoms with Gasteiger partial charge in [-0.3, -0.25) is 0 Å². The Labute approximate surface area is 194 Å². The monoisotopic (exact) mass is 464 g/mol. The minimum absolute atomic E-state index is 0.217. The average molecular weight is 465 g/mol. The van der Waals surface area contributed by atoms with Gasteiger partial charge < -0.3 is 20.7 Å². The topological polar surface area (TPSA) is 58.2 Å². The number of hydrogen-bond acceptors (Lipinski definition) is 5. The number of hydrogen-bond donors (Lipinski definition) is 3. The molecule has 1 heterocycles. The van der Waals surface area contributed by atoms with E-state index in [0.717, 1.165) is 37.6 Å². The largest absolute Gasteiger partial charge is 0.385 e. The standard InChI is InChI=1S/C25H35F3N4O/c1-16(14-33-2)31-17-3-5-18(6-4-17)32-24-12-21(23(27)13-29-24)20-11-19(7-8-22(20)26)30-15-25(28)9-10-25/h7-8,12-13,16-18,20,30-31H,3-6,9-11,14-15H2,1-2H3,(H,29,32)/t16-,17?,18?,20?/m0/s1. The molecule has 1 aromatic rings. The van der Waals surface area contributed by atoms with Gasteiger partial charge in [0.25, 0.3) is 0 Å². The third kappa shape index (κ3) is 6.51. The van der Waals surface area contributed by atoms with Crippen molar-refractivity contribution in [1.82, 2.24) is 15.6 Å². The normalized spacial score (nSPS) is 27.4. The summed E-state index contributed by atoms with van der Waals surface area (Å²) >= 11 is 0. The molecule has 2 saturated carbocycles. The van der Waals surface area contributed by atoms with Crippen LogP contribution in [0.1, 0.15) is 63.4 Å². The molecular weight excluding hydrogens is 429 g/mol. The van der Waals surface area contributed by atoms with Gasteiger partial charge in [0.05, 0.1) is 12.8 Å². The fraction of sp³-hybridized carbons (Fsp3) is 0.640. The van der Waals surface area contributed by atoms with Crippen LogP contribution in [0, 0.1) is 5.82 Å². The highest BCUT2D eigenvalue weighted by Crippen LogP contribution is 2.40. The van der Waals surface area contributed by atoms with Crippen LogP contribution in [0.2, 0.25) is 0 Å². The molecule has 33 heavy (non-hydrogen) atoms. The molecule has 8 heteroatoms. The van der Waals surface area contributed by atoms with E-state index in [9.17, 15) is 13.2 Å². The van der Waals surface area contributed by atoms with Crippen molar-refractivity contribution in [2.24, 2.45) is 0 Å². The van der Waals surface area contributed by atoms with Crippen molar-refractivity contribution in [3.63, 3.8) is 0 Å². The summed E-state index contributed by atoms with van der Waals surface area (Å²) in [5, 5.41) is 10.1. The Morgan fingerprint density at radius 3 is 2.58 bits per heavy atom. The van der Waals surface area contributed by atoms with Crippen molar-refractivity contribution >= 4 is 5.82 Å². The zero-order valence-electron chi connectivity index (χ0n) is 19.5. The van der Waals surface area contributed by atoms with Crippen molar-refractivity contribution in [2.45, 2.75) is 81.6 Å². The fourth-order valence-corrected chi connectivity index (χ4v) is 4.77. The molecule has 0 radical (unpaired) electrons. The summed E-state index contributed by atoms with van der Waals surface area (Å²) < 4.78 is 48.4. The number of allylic oxidation sites excluding steroid dienone is 4. The zero-order valence-corrected chi connectivity index (χ0v) is 19.5. The maximum atomic E-state index is 14.7. The molecule has 3 aliphatic carbocycles. The van der Waals surface area contributed by atoms with Crippen molar-refractivity contribution in [3.8, 4) is 0 Å². The predicted molar refractivity (Wildman–Crippen MR) is 124 cm³/mol. The smallest absolute Gasteiger partial charge is 0.145 e. The summed E-state index contributed by atoms with van der Waals surface area (Å²) in [4.78, 5) is 4.20. The molecule has 0 aromatic carbocycles. The molecule has 2 fully saturated rings. The molecule has 3 aliphatic rings. The van der Waals surface area contributed by atoms with Crippen LogP contribution >= 0.6 is 0 Å². The van der Waals surface area contributed by atoms with E-state index in [2.05, 4.69) is 27.9 Å². The third-order valence-corrected chi connectivity index (χ3v) is 6.90. The van der Waals surface area contributed by atoms with Crippen LogP contribution in [0.4, 0.5) is 19.0 Å². The Bertz CT molecular complexity index is 878. The van der Waals surface area contributed by atoms with Gasteiger partial charge in [-0.1, -0.05) is 0 Å². The van der Waals surface area contributed by atoms with E-state index in [1.54, 1.807) is 19.3 Å². The molecule has 182 valence electrons. The number of pyridine rings is 1. The van der Waals surface area contributed by atoms with Gasteiger partial charge in [0.2, 0.25) is 0 Å². The minimum Gasteiger partial charge on any atom is -0.385 e. The third-order valence-electron chi connectivity index (χ3n) is 6.90. The second kappa shape index (κ2) is 10.5. The molecule has 1 aromatic heterocycles. The molecule has 2 atom stereocenters. The van der Waals surface area contributed by atoms with Crippen LogP contribution < -0.4 is 16.0 Å². The number of methoxy groups -OCH3 is 1. The van der Waals surface area contributed by atoms with Crippen LogP contribution in [0.5, 0.6) is 0 Å². The zero-order chi connectivity index (χ0) is 23.4. The fourth-order valence-electron chi connectivity index (χ4n) is 4.77. The summed E-state index contributed by atoms with van der Waals surface area (Å²) in [7, 11) is 1.71. The van der Waals surface area contributed by atoms with Crippen molar-refractivity contribution in [1.29, 1.82) is 0 Å². The molecular formula is C25H35F3N4O. The van der Waals surface area contributed by atoms with E-state index in [1.165, 1.54) is 6.08 Å². The molecule has 1 unspecified atom stereocenters. The molecule has 4 rings (SSSR count).